The fourth-order valence-corrected chi connectivity index (χ4v) is 3.59. The van der Waals surface area contributed by atoms with Gasteiger partial charge in [0.2, 0.25) is 0 Å². The van der Waals surface area contributed by atoms with Gasteiger partial charge in [0.15, 0.2) is 0 Å². The number of benzene rings is 1. The maximum Gasteiger partial charge on any atom is 0.338 e. The first-order chi connectivity index (χ1) is 16.8. The van der Waals surface area contributed by atoms with E-state index in [1.165, 1.54) is 6.08 Å². The molecule has 1 aromatic heterocycles. The largest absolute Gasteiger partial charge is 0.462 e. The second kappa shape index (κ2) is 11.4. The lowest BCUT2D eigenvalue weighted by molar-refractivity contribution is -0.140. The topological polar surface area (TPSA) is 110 Å². The molecule has 8 heteroatoms. The molecule has 0 spiro atoms. The van der Waals surface area contributed by atoms with Crippen LogP contribution in [0.15, 0.2) is 57.5 Å². The van der Waals surface area contributed by atoms with Crippen molar-refractivity contribution >= 4 is 23.9 Å². The van der Waals surface area contributed by atoms with Crippen LogP contribution in [0.25, 0.3) is 17.4 Å². The summed E-state index contributed by atoms with van der Waals surface area (Å²) < 4.78 is 16.4. The summed E-state index contributed by atoms with van der Waals surface area (Å²) in [6.07, 6.45) is 2.05. The highest BCUT2D eigenvalue weighted by Gasteiger charge is 2.35. The van der Waals surface area contributed by atoms with Crippen LogP contribution in [0, 0.1) is 11.3 Å². The molecule has 1 aromatic carbocycles. The Morgan fingerprint density at radius 2 is 1.86 bits per heavy atom. The highest BCUT2D eigenvalue weighted by molar-refractivity contribution is 6.19. The summed E-state index contributed by atoms with van der Waals surface area (Å²) in [6, 6.07) is 12.2. The molecule has 0 fully saturated rings. The van der Waals surface area contributed by atoms with E-state index in [2.05, 4.69) is 0 Å². The molecule has 0 bridgehead atoms. The van der Waals surface area contributed by atoms with Crippen LogP contribution in [0.3, 0.4) is 0 Å². The van der Waals surface area contributed by atoms with Crippen molar-refractivity contribution in [3.05, 3.63) is 64.4 Å². The lowest BCUT2D eigenvalue weighted by Crippen LogP contribution is -2.43. The summed E-state index contributed by atoms with van der Waals surface area (Å²) in [5.41, 5.74) is 1.65. The molecule has 2 amide bonds. The summed E-state index contributed by atoms with van der Waals surface area (Å²) in [5, 5.41) is 9.54. The normalized spacial score (nSPS) is 15.2. The lowest BCUT2D eigenvalue weighted by atomic mass is 9.94. The molecule has 0 radical (unpaired) electrons. The predicted molar refractivity (Wildman–Crippen MR) is 129 cm³/mol. The Balaban J connectivity index is 1.84. The Labute approximate surface area is 204 Å². The Bertz CT molecular complexity index is 1210. The molecule has 1 aliphatic rings. The highest BCUT2D eigenvalue weighted by Crippen LogP contribution is 2.29. The van der Waals surface area contributed by atoms with Crippen molar-refractivity contribution in [2.75, 3.05) is 19.8 Å². The molecule has 3 rings (SSSR count). The molecular weight excluding hydrogens is 448 g/mol. The number of carbonyl (C=O) groups excluding carboxylic acids is 3. The molecule has 0 atom stereocenters. The van der Waals surface area contributed by atoms with Crippen LogP contribution in [-0.2, 0) is 19.1 Å². The van der Waals surface area contributed by atoms with Gasteiger partial charge in [-0.05, 0) is 70.0 Å². The predicted octanol–water partition coefficient (Wildman–Crippen LogP) is 4.53. The van der Waals surface area contributed by atoms with Crippen LogP contribution in [0.4, 0.5) is 0 Å². The minimum Gasteiger partial charge on any atom is -0.462 e. The van der Waals surface area contributed by atoms with E-state index in [4.69, 9.17) is 13.9 Å². The van der Waals surface area contributed by atoms with Crippen LogP contribution in [0.1, 0.15) is 50.2 Å². The van der Waals surface area contributed by atoms with Crippen LogP contribution in [0.2, 0.25) is 0 Å². The fraction of sp³-hybridized carbons (Fsp3) is 0.333. The molecule has 0 N–H and O–H groups in total. The number of nitrogens with zero attached hydrogens (tertiary/aromatic N) is 2. The van der Waals surface area contributed by atoms with Crippen LogP contribution < -0.4 is 0 Å². The number of hydrogen-bond acceptors (Lipinski definition) is 7. The second-order valence-corrected chi connectivity index (χ2v) is 8.20. The zero-order chi connectivity index (χ0) is 25.5. The van der Waals surface area contributed by atoms with E-state index in [0.29, 0.717) is 42.3 Å². The van der Waals surface area contributed by atoms with Gasteiger partial charge in [0, 0.05) is 24.3 Å². The van der Waals surface area contributed by atoms with Gasteiger partial charge in [-0.25, -0.2) is 4.79 Å². The number of nitriles is 1. The summed E-state index contributed by atoms with van der Waals surface area (Å²) in [5.74, 6) is -0.542. The molecule has 2 aromatic rings. The molecule has 0 saturated carbocycles. The summed E-state index contributed by atoms with van der Waals surface area (Å²) in [6.45, 7) is 7.98. The number of furan rings is 1. The first-order valence-electron chi connectivity index (χ1n) is 11.4. The van der Waals surface area contributed by atoms with Crippen LogP contribution >= 0.6 is 0 Å². The Morgan fingerprint density at radius 1 is 1.14 bits per heavy atom. The third-order valence-corrected chi connectivity index (χ3v) is 5.40. The fourth-order valence-electron chi connectivity index (χ4n) is 3.59. The van der Waals surface area contributed by atoms with E-state index >= 15 is 0 Å². The second-order valence-electron chi connectivity index (χ2n) is 8.20. The minimum atomic E-state index is -0.599. The first-order valence-corrected chi connectivity index (χ1v) is 11.4. The van der Waals surface area contributed by atoms with Gasteiger partial charge in [0.05, 0.1) is 18.3 Å². The molecule has 1 aliphatic heterocycles. The number of carbonyl (C=O) groups is 3. The van der Waals surface area contributed by atoms with Gasteiger partial charge in [0.1, 0.15) is 23.2 Å². The van der Waals surface area contributed by atoms with Crippen LogP contribution in [-0.4, -0.2) is 48.5 Å². The highest BCUT2D eigenvalue weighted by atomic mass is 16.5. The maximum atomic E-state index is 13.1. The third kappa shape index (κ3) is 5.94. The van der Waals surface area contributed by atoms with E-state index in [9.17, 15) is 19.6 Å². The van der Waals surface area contributed by atoms with Crippen molar-refractivity contribution in [1.29, 1.82) is 5.26 Å². The van der Waals surface area contributed by atoms with Crippen LogP contribution in [0.5, 0.6) is 0 Å². The molecule has 0 aliphatic carbocycles. The molecule has 2 heterocycles. The van der Waals surface area contributed by atoms with Crippen molar-refractivity contribution < 1.29 is 28.3 Å². The summed E-state index contributed by atoms with van der Waals surface area (Å²) in [4.78, 5) is 38.8. The summed E-state index contributed by atoms with van der Waals surface area (Å²) >= 11 is 0. The van der Waals surface area contributed by atoms with Crippen molar-refractivity contribution in [3.63, 3.8) is 0 Å². The standard InChI is InChI=1S/C27H28N2O6/c1-5-33-27(32)20-9-7-19(8-10-20)24-12-11-21(35-24)15-22-18(4)23(16-28)26(31)29(25(22)30)13-6-14-34-17(2)3/h7-12,15,17H,5-6,13-14H2,1-4H3/b22-15+. The van der Waals surface area contributed by atoms with Crippen molar-refractivity contribution in [2.24, 2.45) is 0 Å². The molecule has 0 unspecified atom stereocenters. The van der Waals surface area contributed by atoms with E-state index in [1.807, 2.05) is 19.9 Å². The molecule has 8 nitrogen and oxygen atoms in total. The molecule has 182 valence electrons. The average Bonchev–Trinajstić information content (AvgIpc) is 3.30. The average molecular weight is 477 g/mol. The number of esters is 1. The third-order valence-electron chi connectivity index (χ3n) is 5.40. The summed E-state index contributed by atoms with van der Waals surface area (Å²) in [7, 11) is 0. The van der Waals surface area contributed by atoms with E-state index < -0.39 is 17.8 Å². The maximum absolute atomic E-state index is 13.1. The number of ether oxygens (including phenoxy) is 2. The van der Waals surface area contributed by atoms with Gasteiger partial charge in [-0.3, -0.25) is 14.5 Å². The van der Waals surface area contributed by atoms with E-state index in [-0.39, 0.29) is 23.8 Å². The molecular formula is C27H28N2O6. The number of rotatable bonds is 9. The van der Waals surface area contributed by atoms with E-state index in [1.54, 1.807) is 50.2 Å². The van der Waals surface area contributed by atoms with Gasteiger partial charge in [-0.2, -0.15) is 5.26 Å². The zero-order valence-corrected chi connectivity index (χ0v) is 20.3. The Hall–Kier alpha value is -3.96. The Morgan fingerprint density at radius 3 is 2.49 bits per heavy atom. The van der Waals surface area contributed by atoms with Gasteiger partial charge < -0.3 is 13.9 Å². The minimum absolute atomic E-state index is 0.0459. The monoisotopic (exact) mass is 476 g/mol. The van der Waals surface area contributed by atoms with Crippen molar-refractivity contribution in [2.45, 2.75) is 40.2 Å². The molecule has 0 saturated heterocycles. The number of imide groups is 1. The zero-order valence-electron chi connectivity index (χ0n) is 20.3. The van der Waals surface area contributed by atoms with Crippen molar-refractivity contribution in [3.8, 4) is 17.4 Å². The smallest absolute Gasteiger partial charge is 0.338 e. The number of hydrogen-bond donors (Lipinski definition) is 0. The van der Waals surface area contributed by atoms with Gasteiger partial charge in [-0.15, -0.1) is 0 Å². The quantitative estimate of drug-likeness (QED) is 0.226. The SMILES string of the molecule is CCOC(=O)c1ccc(-c2ccc(/C=C3/C(=O)N(CCCOC(C)C)C(=O)C(C#N)=C3C)o2)cc1. The van der Waals surface area contributed by atoms with Gasteiger partial charge in [0.25, 0.3) is 11.8 Å². The van der Waals surface area contributed by atoms with Crippen molar-refractivity contribution in [1.82, 2.24) is 4.90 Å². The molecule has 35 heavy (non-hydrogen) atoms. The lowest BCUT2D eigenvalue weighted by Gasteiger charge is -2.27. The Kier molecular flexibility index (Phi) is 8.39. The first kappa shape index (κ1) is 25.7. The van der Waals surface area contributed by atoms with E-state index in [0.717, 1.165) is 10.5 Å². The van der Waals surface area contributed by atoms with Gasteiger partial charge in [-0.1, -0.05) is 12.1 Å². The number of amides is 2. The van der Waals surface area contributed by atoms with Gasteiger partial charge >= 0.3 is 5.97 Å².